The van der Waals surface area contributed by atoms with Gasteiger partial charge in [0.2, 0.25) is 0 Å². The SMILES string of the molecule is Cc1cccnc1NC(=S)NC(C(C)C)C(C)C. The van der Waals surface area contributed by atoms with E-state index in [4.69, 9.17) is 12.2 Å². The van der Waals surface area contributed by atoms with Gasteiger partial charge < -0.3 is 10.6 Å². The van der Waals surface area contributed by atoms with E-state index < -0.39 is 0 Å². The standard InChI is InChI=1S/C14H23N3S/c1-9(2)12(10(3)4)16-14(18)17-13-11(5)7-6-8-15-13/h6-10,12H,1-5H3,(H2,15,16,17,18). The molecule has 4 heteroatoms. The van der Waals surface area contributed by atoms with Crippen LogP contribution in [-0.4, -0.2) is 16.1 Å². The van der Waals surface area contributed by atoms with Crippen LogP contribution in [0.25, 0.3) is 0 Å². The lowest BCUT2D eigenvalue weighted by atomic mass is 9.93. The Morgan fingerprint density at radius 1 is 1.22 bits per heavy atom. The van der Waals surface area contributed by atoms with Crippen LogP contribution in [0.5, 0.6) is 0 Å². The number of hydrogen-bond donors (Lipinski definition) is 2. The van der Waals surface area contributed by atoms with Crippen LogP contribution in [-0.2, 0) is 0 Å². The third kappa shape index (κ3) is 4.26. The van der Waals surface area contributed by atoms with Crippen LogP contribution in [0.1, 0.15) is 33.3 Å². The molecule has 0 aliphatic carbocycles. The van der Waals surface area contributed by atoms with Crippen LogP contribution in [0.15, 0.2) is 18.3 Å². The summed E-state index contributed by atoms with van der Waals surface area (Å²) in [5.74, 6) is 1.89. The largest absolute Gasteiger partial charge is 0.359 e. The van der Waals surface area contributed by atoms with Gasteiger partial charge in [-0.2, -0.15) is 0 Å². The molecule has 0 unspecified atom stereocenters. The number of nitrogens with one attached hydrogen (secondary N) is 2. The Bertz CT molecular complexity index is 394. The summed E-state index contributed by atoms with van der Waals surface area (Å²) >= 11 is 5.35. The first-order chi connectivity index (χ1) is 8.41. The molecule has 0 amide bonds. The minimum absolute atomic E-state index is 0.369. The summed E-state index contributed by atoms with van der Waals surface area (Å²) in [6, 6.07) is 4.30. The predicted molar refractivity (Wildman–Crippen MR) is 81.8 cm³/mol. The summed E-state index contributed by atoms with van der Waals surface area (Å²) in [4.78, 5) is 4.28. The van der Waals surface area contributed by atoms with E-state index in [1.807, 2.05) is 19.1 Å². The Kier molecular flexibility index (Phi) is 5.54. The van der Waals surface area contributed by atoms with Crippen molar-refractivity contribution in [3.8, 4) is 0 Å². The Morgan fingerprint density at radius 3 is 2.33 bits per heavy atom. The molecule has 0 atom stereocenters. The maximum absolute atomic E-state index is 5.35. The van der Waals surface area contributed by atoms with Gasteiger partial charge in [-0.15, -0.1) is 0 Å². The monoisotopic (exact) mass is 265 g/mol. The highest BCUT2D eigenvalue weighted by atomic mass is 32.1. The predicted octanol–water partition coefficient (Wildman–Crippen LogP) is 3.36. The molecule has 2 N–H and O–H groups in total. The van der Waals surface area contributed by atoms with Crippen LogP contribution in [0, 0.1) is 18.8 Å². The molecule has 1 aromatic rings. The van der Waals surface area contributed by atoms with E-state index in [0.29, 0.717) is 23.0 Å². The van der Waals surface area contributed by atoms with Crippen LogP contribution < -0.4 is 10.6 Å². The number of aromatic nitrogens is 1. The average Bonchev–Trinajstić information content (AvgIpc) is 2.28. The second kappa shape index (κ2) is 6.69. The Hall–Kier alpha value is -1.16. The van der Waals surface area contributed by atoms with Gasteiger partial charge in [0.25, 0.3) is 0 Å². The summed E-state index contributed by atoms with van der Waals surface area (Å²) in [5.41, 5.74) is 1.09. The first-order valence-electron chi connectivity index (χ1n) is 6.41. The van der Waals surface area contributed by atoms with Gasteiger partial charge in [-0.05, 0) is 42.6 Å². The van der Waals surface area contributed by atoms with Crippen LogP contribution in [0.4, 0.5) is 5.82 Å². The molecular formula is C14H23N3S. The molecule has 0 saturated heterocycles. The minimum atomic E-state index is 0.369. The van der Waals surface area contributed by atoms with Crippen molar-refractivity contribution >= 4 is 23.1 Å². The number of anilines is 1. The molecule has 0 aromatic carbocycles. The van der Waals surface area contributed by atoms with Gasteiger partial charge in [0.1, 0.15) is 5.82 Å². The van der Waals surface area contributed by atoms with Crippen molar-refractivity contribution in [3.05, 3.63) is 23.9 Å². The normalized spacial score (nSPS) is 11.1. The Balaban J connectivity index is 2.64. The van der Waals surface area contributed by atoms with Crippen molar-refractivity contribution < 1.29 is 0 Å². The van der Waals surface area contributed by atoms with E-state index in [1.165, 1.54) is 0 Å². The van der Waals surface area contributed by atoms with Crippen molar-refractivity contribution in [2.24, 2.45) is 11.8 Å². The smallest absolute Gasteiger partial charge is 0.172 e. The fraction of sp³-hybridized carbons (Fsp3) is 0.571. The van der Waals surface area contributed by atoms with Gasteiger partial charge in [-0.1, -0.05) is 33.8 Å². The first-order valence-corrected chi connectivity index (χ1v) is 6.81. The summed E-state index contributed by atoms with van der Waals surface area (Å²) in [7, 11) is 0. The number of rotatable bonds is 4. The fourth-order valence-corrected chi connectivity index (χ4v) is 2.25. The number of nitrogens with zero attached hydrogens (tertiary/aromatic N) is 1. The summed E-state index contributed by atoms with van der Waals surface area (Å²) in [6.45, 7) is 10.8. The van der Waals surface area contributed by atoms with Crippen LogP contribution in [0.3, 0.4) is 0 Å². The highest BCUT2D eigenvalue weighted by Gasteiger charge is 2.18. The second-order valence-electron chi connectivity index (χ2n) is 5.28. The third-order valence-electron chi connectivity index (χ3n) is 2.98. The van der Waals surface area contributed by atoms with Gasteiger partial charge >= 0.3 is 0 Å². The molecule has 1 aromatic heterocycles. The molecule has 0 aliphatic heterocycles. The van der Waals surface area contributed by atoms with Gasteiger partial charge in [0, 0.05) is 12.2 Å². The quantitative estimate of drug-likeness (QED) is 0.819. The Morgan fingerprint density at radius 2 is 1.83 bits per heavy atom. The molecule has 100 valence electrons. The summed E-state index contributed by atoms with van der Waals surface area (Å²) in [6.07, 6.45) is 1.76. The van der Waals surface area contributed by atoms with Gasteiger partial charge in [-0.3, -0.25) is 0 Å². The molecule has 0 bridgehead atoms. The lowest BCUT2D eigenvalue weighted by Crippen LogP contribution is -2.44. The van der Waals surface area contributed by atoms with Gasteiger partial charge in [-0.25, -0.2) is 4.98 Å². The lowest BCUT2D eigenvalue weighted by molar-refractivity contribution is 0.356. The molecule has 1 heterocycles. The zero-order valence-electron chi connectivity index (χ0n) is 11.8. The number of thiocarbonyl (C=S) groups is 1. The van der Waals surface area contributed by atoms with Crippen molar-refractivity contribution in [2.75, 3.05) is 5.32 Å². The molecule has 0 radical (unpaired) electrons. The molecule has 0 spiro atoms. The van der Waals surface area contributed by atoms with E-state index in [9.17, 15) is 0 Å². The number of pyridine rings is 1. The zero-order chi connectivity index (χ0) is 13.7. The third-order valence-corrected chi connectivity index (χ3v) is 3.20. The Labute approximate surface area is 115 Å². The fourth-order valence-electron chi connectivity index (χ4n) is 2.01. The maximum Gasteiger partial charge on any atom is 0.172 e. The number of hydrogen-bond acceptors (Lipinski definition) is 2. The maximum atomic E-state index is 5.35. The first kappa shape index (κ1) is 14.9. The molecule has 0 aliphatic rings. The second-order valence-corrected chi connectivity index (χ2v) is 5.69. The van der Waals surface area contributed by atoms with E-state index in [-0.39, 0.29) is 0 Å². The van der Waals surface area contributed by atoms with E-state index in [2.05, 4.69) is 43.3 Å². The average molecular weight is 265 g/mol. The topological polar surface area (TPSA) is 37.0 Å². The summed E-state index contributed by atoms with van der Waals surface area (Å²) in [5, 5.41) is 7.17. The number of aryl methyl sites for hydroxylation is 1. The van der Waals surface area contributed by atoms with E-state index in [1.54, 1.807) is 6.20 Å². The molecule has 1 rings (SSSR count). The van der Waals surface area contributed by atoms with E-state index >= 15 is 0 Å². The minimum Gasteiger partial charge on any atom is -0.359 e. The van der Waals surface area contributed by atoms with E-state index in [0.717, 1.165) is 11.4 Å². The van der Waals surface area contributed by atoms with Gasteiger partial charge in [0.15, 0.2) is 5.11 Å². The molecule has 0 fully saturated rings. The van der Waals surface area contributed by atoms with Crippen molar-refractivity contribution in [1.82, 2.24) is 10.3 Å². The van der Waals surface area contributed by atoms with Crippen molar-refractivity contribution in [1.29, 1.82) is 0 Å². The molecule has 0 saturated carbocycles. The zero-order valence-corrected chi connectivity index (χ0v) is 12.6. The molecular weight excluding hydrogens is 242 g/mol. The van der Waals surface area contributed by atoms with Crippen LogP contribution in [0.2, 0.25) is 0 Å². The molecule has 18 heavy (non-hydrogen) atoms. The van der Waals surface area contributed by atoms with Crippen molar-refractivity contribution in [3.63, 3.8) is 0 Å². The highest BCUT2D eigenvalue weighted by molar-refractivity contribution is 7.80. The van der Waals surface area contributed by atoms with Crippen molar-refractivity contribution in [2.45, 2.75) is 40.7 Å². The molecule has 3 nitrogen and oxygen atoms in total. The highest BCUT2D eigenvalue weighted by Crippen LogP contribution is 2.13. The van der Waals surface area contributed by atoms with Gasteiger partial charge in [0.05, 0.1) is 0 Å². The lowest BCUT2D eigenvalue weighted by Gasteiger charge is -2.27. The van der Waals surface area contributed by atoms with Crippen LogP contribution >= 0.6 is 12.2 Å². The summed E-state index contributed by atoms with van der Waals surface area (Å²) < 4.78 is 0.